The van der Waals surface area contributed by atoms with Crippen molar-refractivity contribution in [3.05, 3.63) is 60.3 Å². The lowest BCUT2D eigenvalue weighted by Crippen LogP contribution is -2.11. The van der Waals surface area contributed by atoms with Crippen LogP contribution in [0.3, 0.4) is 0 Å². The number of ether oxygens (including phenoxy) is 2. The molecule has 0 aliphatic heterocycles. The molecule has 0 aliphatic carbocycles. The first-order chi connectivity index (χ1) is 12.0. The summed E-state index contributed by atoms with van der Waals surface area (Å²) in [6.07, 6.45) is 0. The number of methoxy groups -OCH3 is 1. The number of aromatic nitrogens is 1. The molecule has 0 aliphatic rings. The normalized spacial score (nSPS) is 10.3. The number of rotatable bonds is 4. The van der Waals surface area contributed by atoms with Gasteiger partial charge in [-0.15, -0.1) is 0 Å². The zero-order chi connectivity index (χ0) is 17.8. The summed E-state index contributed by atoms with van der Waals surface area (Å²) in [6, 6.07) is 15.3. The maximum Gasteiger partial charge on any atom is 0.362 e. The molecule has 126 valence electrons. The first kappa shape index (κ1) is 16.4. The minimum Gasteiger partial charge on any atom is -0.497 e. The Morgan fingerprint density at radius 1 is 0.960 bits per heavy atom. The molecule has 25 heavy (non-hydrogen) atoms. The number of nitrogens with one attached hydrogen (secondary N) is 1. The van der Waals surface area contributed by atoms with E-state index in [0.29, 0.717) is 17.0 Å². The Hall–Kier alpha value is -3.41. The minimum atomic E-state index is -0.551. The summed E-state index contributed by atoms with van der Waals surface area (Å²) in [5, 5.41) is 3.52. The number of esters is 1. The third-order valence-electron chi connectivity index (χ3n) is 3.49. The summed E-state index contributed by atoms with van der Waals surface area (Å²) in [6.45, 7) is 1.43. The van der Waals surface area contributed by atoms with E-state index in [-0.39, 0.29) is 11.6 Å². The number of hydrogen-bond donors (Lipinski definition) is 1. The molecule has 0 spiro atoms. The number of benzene rings is 2. The van der Waals surface area contributed by atoms with Gasteiger partial charge in [-0.1, -0.05) is 6.07 Å². The molecule has 1 heterocycles. The second kappa shape index (κ2) is 7.00. The third-order valence-corrected chi connectivity index (χ3v) is 3.49. The van der Waals surface area contributed by atoms with Gasteiger partial charge < -0.3 is 14.8 Å². The molecule has 6 heteroatoms. The zero-order valence-electron chi connectivity index (χ0n) is 13.8. The molecule has 0 saturated heterocycles. The molecule has 1 aromatic heterocycles. The Balaban J connectivity index is 1.76. The molecule has 3 rings (SSSR count). The van der Waals surface area contributed by atoms with Crippen molar-refractivity contribution in [3.8, 4) is 11.5 Å². The fourth-order valence-corrected chi connectivity index (χ4v) is 2.31. The van der Waals surface area contributed by atoms with Crippen LogP contribution in [0.25, 0.3) is 10.9 Å². The van der Waals surface area contributed by atoms with Crippen LogP contribution in [-0.4, -0.2) is 24.0 Å². The summed E-state index contributed by atoms with van der Waals surface area (Å²) >= 11 is 0. The molecule has 0 bridgehead atoms. The largest absolute Gasteiger partial charge is 0.497 e. The van der Waals surface area contributed by atoms with Gasteiger partial charge >= 0.3 is 5.97 Å². The first-order valence-corrected chi connectivity index (χ1v) is 7.60. The predicted octanol–water partition coefficient (Wildman–Crippen LogP) is 3.42. The van der Waals surface area contributed by atoms with E-state index in [0.717, 1.165) is 11.1 Å². The monoisotopic (exact) mass is 336 g/mol. The average molecular weight is 336 g/mol. The lowest BCUT2D eigenvalue weighted by Gasteiger charge is -2.07. The molecule has 1 N–H and O–H groups in total. The topological polar surface area (TPSA) is 77.5 Å². The van der Waals surface area contributed by atoms with Crippen LogP contribution < -0.4 is 14.8 Å². The molecule has 2 aromatic carbocycles. The Kier molecular flexibility index (Phi) is 4.61. The third kappa shape index (κ3) is 3.92. The van der Waals surface area contributed by atoms with E-state index in [1.54, 1.807) is 55.6 Å². The standard InChI is InChI=1S/C19H16N2O4/c1-12(22)20-14-4-6-15(7-5-14)25-19(23)18-9-3-13-11-16(24-2)8-10-17(13)21-18/h3-11H,1-2H3,(H,20,22). The Morgan fingerprint density at radius 2 is 1.68 bits per heavy atom. The average Bonchev–Trinajstić information content (AvgIpc) is 2.62. The summed E-state index contributed by atoms with van der Waals surface area (Å²) in [4.78, 5) is 27.6. The van der Waals surface area contributed by atoms with Gasteiger partial charge in [0, 0.05) is 18.0 Å². The van der Waals surface area contributed by atoms with Crippen LogP contribution in [0.2, 0.25) is 0 Å². The number of carbonyl (C=O) groups is 2. The Morgan fingerprint density at radius 3 is 2.36 bits per heavy atom. The maximum absolute atomic E-state index is 12.3. The summed E-state index contributed by atoms with van der Waals surface area (Å²) < 4.78 is 10.5. The maximum atomic E-state index is 12.3. The smallest absolute Gasteiger partial charge is 0.362 e. The molecule has 0 radical (unpaired) electrons. The second-order valence-electron chi connectivity index (χ2n) is 5.35. The van der Waals surface area contributed by atoms with E-state index in [2.05, 4.69) is 10.3 Å². The molecule has 0 unspecified atom stereocenters. The van der Waals surface area contributed by atoms with Gasteiger partial charge in [0.25, 0.3) is 0 Å². The second-order valence-corrected chi connectivity index (χ2v) is 5.35. The number of hydrogen-bond acceptors (Lipinski definition) is 5. The minimum absolute atomic E-state index is 0.165. The number of fused-ring (bicyclic) bond motifs is 1. The molecule has 1 amide bonds. The van der Waals surface area contributed by atoms with Gasteiger partial charge in [0.15, 0.2) is 0 Å². The van der Waals surface area contributed by atoms with Crippen molar-refractivity contribution in [2.45, 2.75) is 6.92 Å². The van der Waals surface area contributed by atoms with E-state index < -0.39 is 5.97 Å². The highest BCUT2D eigenvalue weighted by molar-refractivity contribution is 5.93. The lowest BCUT2D eigenvalue weighted by atomic mass is 10.2. The summed E-state index contributed by atoms with van der Waals surface area (Å²) in [5.74, 6) is 0.381. The van der Waals surface area contributed by atoms with Gasteiger partial charge in [-0.25, -0.2) is 9.78 Å². The number of pyridine rings is 1. The van der Waals surface area contributed by atoms with E-state index in [1.165, 1.54) is 6.92 Å². The van der Waals surface area contributed by atoms with Gasteiger partial charge in [0.05, 0.1) is 12.6 Å². The molecule has 0 atom stereocenters. The molecule has 3 aromatic rings. The van der Waals surface area contributed by atoms with Crippen LogP contribution in [0.5, 0.6) is 11.5 Å². The van der Waals surface area contributed by atoms with E-state index in [4.69, 9.17) is 9.47 Å². The van der Waals surface area contributed by atoms with Gasteiger partial charge in [0.2, 0.25) is 5.91 Å². The van der Waals surface area contributed by atoms with Crippen molar-refractivity contribution in [2.75, 3.05) is 12.4 Å². The van der Waals surface area contributed by atoms with Crippen LogP contribution >= 0.6 is 0 Å². The number of amides is 1. The van der Waals surface area contributed by atoms with Crippen molar-refractivity contribution >= 4 is 28.5 Å². The van der Waals surface area contributed by atoms with Crippen LogP contribution in [-0.2, 0) is 4.79 Å². The number of anilines is 1. The van der Waals surface area contributed by atoms with E-state index >= 15 is 0 Å². The van der Waals surface area contributed by atoms with Crippen molar-refractivity contribution in [1.82, 2.24) is 4.98 Å². The first-order valence-electron chi connectivity index (χ1n) is 7.60. The van der Waals surface area contributed by atoms with Gasteiger partial charge in [-0.05, 0) is 48.5 Å². The number of carbonyl (C=O) groups excluding carboxylic acids is 2. The van der Waals surface area contributed by atoms with Crippen LogP contribution in [0.1, 0.15) is 17.4 Å². The molecule has 0 fully saturated rings. The fourth-order valence-electron chi connectivity index (χ4n) is 2.31. The van der Waals surface area contributed by atoms with Crippen molar-refractivity contribution in [1.29, 1.82) is 0 Å². The van der Waals surface area contributed by atoms with Crippen LogP contribution in [0, 0.1) is 0 Å². The quantitative estimate of drug-likeness (QED) is 0.583. The van der Waals surface area contributed by atoms with Crippen LogP contribution in [0.15, 0.2) is 54.6 Å². The molecule has 0 saturated carbocycles. The van der Waals surface area contributed by atoms with Crippen molar-refractivity contribution < 1.29 is 19.1 Å². The Labute approximate surface area is 144 Å². The van der Waals surface area contributed by atoms with Gasteiger partial charge in [-0.2, -0.15) is 0 Å². The molecule has 6 nitrogen and oxygen atoms in total. The summed E-state index contributed by atoms with van der Waals surface area (Å²) in [7, 11) is 1.59. The van der Waals surface area contributed by atoms with Crippen molar-refractivity contribution in [2.24, 2.45) is 0 Å². The predicted molar refractivity (Wildman–Crippen MR) is 94.0 cm³/mol. The van der Waals surface area contributed by atoms with Crippen LogP contribution in [0.4, 0.5) is 5.69 Å². The van der Waals surface area contributed by atoms with Gasteiger partial charge in [-0.3, -0.25) is 4.79 Å². The molecular formula is C19H16N2O4. The lowest BCUT2D eigenvalue weighted by molar-refractivity contribution is -0.114. The van der Waals surface area contributed by atoms with E-state index in [9.17, 15) is 9.59 Å². The fraction of sp³-hybridized carbons (Fsp3) is 0.105. The molecular weight excluding hydrogens is 320 g/mol. The highest BCUT2D eigenvalue weighted by Gasteiger charge is 2.11. The number of nitrogens with zero attached hydrogens (tertiary/aromatic N) is 1. The Bertz CT molecular complexity index is 936. The SMILES string of the molecule is COc1ccc2nc(C(=O)Oc3ccc(NC(C)=O)cc3)ccc2c1. The van der Waals surface area contributed by atoms with Gasteiger partial charge in [0.1, 0.15) is 17.2 Å². The van der Waals surface area contributed by atoms with E-state index in [1.807, 2.05) is 6.07 Å². The summed E-state index contributed by atoms with van der Waals surface area (Å²) in [5.41, 5.74) is 1.52. The van der Waals surface area contributed by atoms with Crippen molar-refractivity contribution in [3.63, 3.8) is 0 Å². The zero-order valence-corrected chi connectivity index (χ0v) is 13.8. The highest BCUT2D eigenvalue weighted by atomic mass is 16.5. The highest BCUT2D eigenvalue weighted by Crippen LogP contribution is 2.21.